The second-order valence-electron chi connectivity index (χ2n) is 5.87. The number of nitrogens with two attached hydrogens (primary N) is 1. The van der Waals surface area contributed by atoms with Crippen LogP contribution >= 0.6 is 23.4 Å². The van der Waals surface area contributed by atoms with Gasteiger partial charge in [-0.15, -0.1) is 0 Å². The van der Waals surface area contributed by atoms with Gasteiger partial charge in [-0.2, -0.15) is 11.8 Å². The van der Waals surface area contributed by atoms with Gasteiger partial charge in [0.05, 0.1) is 16.7 Å². The number of benzene rings is 1. The summed E-state index contributed by atoms with van der Waals surface area (Å²) in [5, 5.41) is 0.168. The van der Waals surface area contributed by atoms with Crippen LogP contribution in [0.15, 0.2) is 18.2 Å². The molecule has 3 atom stereocenters. The highest BCUT2D eigenvalue weighted by molar-refractivity contribution is 7.99. The first-order valence-electron chi connectivity index (χ1n) is 7.27. The van der Waals surface area contributed by atoms with E-state index in [1.807, 2.05) is 17.8 Å². The van der Waals surface area contributed by atoms with Gasteiger partial charge in [-0.05, 0) is 42.6 Å². The molecule has 6 heteroatoms. The van der Waals surface area contributed by atoms with Crippen molar-refractivity contribution < 1.29 is 9.13 Å². The molecule has 3 unspecified atom stereocenters. The van der Waals surface area contributed by atoms with E-state index in [0.29, 0.717) is 5.92 Å². The van der Waals surface area contributed by atoms with Crippen molar-refractivity contribution in [2.45, 2.75) is 30.9 Å². The third-order valence-electron chi connectivity index (χ3n) is 4.57. The van der Waals surface area contributed by atoms with Crippen molar-refractivity contribution in [3.63, 3.8) is 0 Å². The maximum Gasteiger partial charge on any atom is 0.142 e. The Morgan fingerprint density at radius 2 is 2.38 bits per heavy atom. The van der Waals surface area contributed by atoms with Gasteiger partial charge >= 0.3 is 0 Å². The molecule has 3 rings (SSSR count). The number of halogens is 2. The van der Waals surface area contributed by atoms with E-state index in [-0.39, 0.29) is 16.7 Å². The van der Waals surface area contributed by atoms with Crippen molar-refractivity contribution in [1.82, 2.24) is 5.43 Å². The lowest BCUT2D eigenvalue weighted by Gasteiger charge is -2.41. The first-order valence-corrected chi connectivity index (χ1v) is 8.80. The minimum absolute atomic E-state index is 0.0253. The Balaban J connectivity index is 1.84. The van der Waals surface area contributed by atoms with Crippen LogP contribution in [0.1, 0.15) is 30.9 Å². The summed E-state index contributed by atoms with van der Waals surface area (Å²) in [5.74, 6) is 7.86. The molecule has 0 bridgehead atoms. The van der Waals surface area contributed by atoms with Gasteiger partial charge in [0.25, 0.3) is 0 Å². The van der Waals surface area contributed by atoms with Gasteiger partial charge in [0.15, 0.2) is 0 Å². The quantitative estimate of drug-likeness (QED) is 0.659. The highest BCUT2D eigenvalue weighted by Crippen LogP contribution is 2.44. The van der Waals surface area contributed by atoms with Crippen LogP contribution in [0.5, 0.6) is 0 Å². The highest BCUT2D eigenvalue weighted by Gasteiger charge is 2.43. The van der Waals surface area contributed by atoms with Crippen LogP contribution in [0.3, 0.4) is 0 Å². The lowest BCUT2D eigenvalue weighted by atomic mass is 9.79. The number of rotatable bonds is 3. The zero-order valence-corrected chi connectivity index (χ0v) is 13.4. The van der Waals surface area contributed by atoms with Gasteiger partial charge in [0.2, 0.25) is 0 Å². The van der Waals surface area contributed by atoms with E-state index in [2.05, 4.69) is 5.43 Å². The largest absolute Gasteiger partial charge is 0.374 e. The van der Waals surface area contributed by atoms with Crippen LogP contribution in [0.4, 0.5) is 4.39 Å². The zero-order chi connectivity index (χ0) is 14.9. The van der Waals surface area contributed by atoms with Crippen LogP contribution in [0.25, 0.3) is 0 Å². The predicted octanol–water partition coefficient (Wildman–Crippen LogP) is 3.29. The molecule has 2 aliphatic heterocycles. The smallest absolute Gasteiger partial charge is 0.142 e. The maximum absolute atomic E-state index is 13.7. The Morgan fingerprint density at radius 1 is 1.52 bits per heavy atom. The van der Waals surface area contributed by atoms with Crippen molar-refractivity contribution in [3.8, 4) is 0 Å². The average molecular weight is 331 g/mol. The molecule has 2 heterocycles. The molecule has 2 aliphatic rings. The second kappa shape index (κ2) is 6.42. The Labute approximate surface area is 133 Å². The van der Waals surface area contributed by atoms with Crippen LogP contribution < -0.4 is 11.3 Å². The molecular formula is C15H20ClFN2OS. The number of ether oxygens (including phenoxy) is 1. The molecule has 0 amide bonds. The lowest BCUT2D eigenvalue weighted by molar-refractivity contribution is -0.0854. The fourth-order valence-corrected chi connectivity index (χ4v) is 5.08. The number of hydrogen-bond donors (Lipinski definition) is 2. The normalized spacial score (nSPS) is 30.7. The maximum atomic E-state index is 13.7. The molecule has 3 nitrogen and oxygen atoms in total. The molecule has 2 fully saturated rings. The summed E-state index contributed by atoms with van der Waals surface area (Å²) in [6.45, 7) is 0.732. The summed E-state index contributed by atoms with van der Waals surface area (Å²) in [5.41, 5.74) is 3.57. The average Bonchev–Trinajstić information content (AvgIpc) is 2.92. The summed E-state index contributed by atoms with van der Waals surface area (Å²) >= 11 is 8.07. The summed E-state index contributed by atoms with van der Waals surface area (Å²) in [4.78, 5) is 0. The number of thioether (sulfide) groups is 1. The predicted molar refractivity (Wildman–Crippen MR) is 84.8 cm³/mol. The SMILES string of the molecule is NNC(c1cccc(F)c1Cl)C1CCOC2(CCSC2)C1. The molecule has 0 saturated carbocycles. The number of hydrogen-bond acceptors (Lipinski definition) is 4. The fraction of sp³-hybridized carbons (Fsp3) is 0.600. The molecule has 0 aliphatic carbocycles. The Bertz CT molecular complexity index is 510. The molecule has 0 radical (unpaired) electrons. The van der Waals surface area contributed by atoms with Crippen molar-refractivity contribution in [2.75, 3.05) is 18.1 Å². The molecule has 21 heavy (non-hydrogen) atoms. The van der Waals surface area contributed by atoms with Crippen LogP contribution in [0.2, 0.25) is 5.02 Å². The zero-order valence-electron chi connectivity index (χ0n) is 11.8. The van der Waals surface area contributed by atoms with Crippen molar-refractivity contribution in [3.05, 3.63) is 34.6 Å². The molecule has 0 aromatic heterocycles. The van der Waals surface area contributed by atoms with Crippen LogP contribution in [0, 0.1) is 11.7 Å². The third kappa shape index (κ3) is 3.08. The minimum atomic E-state index is -0.396. The van der Waals surface area contributed by atoms with E-state index >= 15 is 0 Å². The molecule has 3 N–H and O–H groups in total. The van der Waals surface area contributed by atoms with Gasteiger partial charge in [-0.3, -0.25) is 11.3 Å². The van der Waals surface area contributed by atoms with Gasteiger partial charge in [-0.1, -0.05) is 23.7 Å². The topological polar surface area (TPSA) is 47.3 Å². The van der Waals surface area contributed by atoms with Gasteiger partial charge in [-0.25, -0.2) is 4.39 Å². The van der Waals surface area contributed by atoms with Crippen molar-refractivity contribution in [1.29, 1.82) is 0 Å². The first-order chi connectivity index (χ1) is 10.2. The highest BCUT2D eigenvalue weighted by atomic mass is 35.5. The molecule has 2 saturated heterocycles. The van der Waals surface area contributed by atoms with E-state index < -0.39 is 5.82 Å². The van der Waals surface area contributed by atoms with E-state index in [9.17, 15) is 4.39 Å². The van der Waals surface area contributed by atoms with E-state index in [1.54, 1.807) is 6.07 Å². The van der Waals surface area contributed by atoms with Crippen molar-refractivity contribution >= 4 is 23.4 Å². The molecule has 1 aromatic rings. The molecular weight excluding hydrogens is 311 g/mol. The lowest BCUT2D eigenvalue weighted by Crippen LogP contribution is -2.45. The Hall–Kier alpha value is -0.330. The van der Waals surface area contributed by atoms with Gasteiger partial charge in [0, 0.05) is 12.4 Å². The van der Waals surface area contributed by atoms with Gasteiger partial charge < -0.3 is 4.74 Å². The first kappa shape index (κ1) is 15.6. The second-order valence-corrected chi connectivity index (χ2v) is 7.36. The summed E-state index contributed by atoms with van der Waals surface area (Å²) in [6, 6.07) is 4.76. The minimum Gasteiger partial charge on any atom is -0.374 e. The fourth-order valence-electron chi connectivity index (χ4n) is 3.45. The van der Waals surface area contributed by atoms with Crippen LogP contribution in [-0.2, 0) is 4.74 Å². The summed E-state index contributed by atoms with van der Waals surface area (Å²) in [7, 11) is 0. The van der Waals surface area contributed by atoms with Gasteiger partial charge in [0.1, 0.15) is 5.82 Å². The van der Waals surface area contributed by atoms with E-state index in [0.717, 1.165) is 42.9 Å². The van der Waals surface area contributed by atoms with Crippen LogP contribution in [-0.4, -0.2) is 23.7 Å². The Kier molecular flexibility index (Phi) is 4.76. The molecule has 1 spiro atoms. The summed E-state index contributed by atoms with van der Waals surface area (Å²) < 4.78 is 19.8. The third-order valence-corrected chi connectivity index (χ3v) is 6.19. The summed E-state index contributed by atoms with van der Waals surface area (Å²) in [6.07, 6.45) is 2.94. The number of nitrogens with one attached hydrogen (secondary N) is 1. The van der Waals surface area contributed by atoms with Crippen molar-refractivity contribution in [2.24, 2.45) is 11.8 Å². The standard InChI is InChI=1S/C15H20ClFN2OS/c16-13-11(2-1-3-12(13)17)14(19-18)10-4-6-20-15(8-10)5-7-21-9-15/h1-3,10,14,19H,4-9,18H2. The van der Waals surface area contributed by atoms with E-state index in [1.165, 1.54) is 6.07 Å². The Morgan fingerprint density at radius 3 is 3.10 bits per heavy atom. The van der Waals surface area contributed by atoms with E-state index in [4.69, 9.17) is 22.2 Å². The number of hydrazine groups is 1. The monoisotopic (exact) mass is 330 g/mol. The molecule has 116 valence electrons. The molecule has 1 aromatic carbocycles.